The van der Waals surface area contributed by atoms with Gasteiger partial charge in [0.25, 0.3) is 5.91 Å². The van der Waals surface area contributed by atoms with Crippen molar-refractivity contribution < 1.29 is 9.32 Å². The average molecular weight is 338 g/mol. The average Bonchev–Trinajstić information content (AvgIpc) is 3.34. The highest BCUT2D eigenvalue weighted by Gasteiger charge is 2.26. The lowest BCUT2D eigenvalue weighted by Gasteiger charge is -2.31. The fraction of sp³-hybridized carbons (Fsp3) is 0.263. The van der Waals surface area contributed by atoms with E-state index < -0.39 is 0 Å². The van der Waals surface area contributed by atoms with Crippen molar-refractivity contribution in [3.05, 3.63) is 64.5 Å². The van der Waals surface area contributed by atoms with Crippen molar-refractivity contribution in [2.24, 2.45) is 0 Å². The zero-order valence-electron chi connectivity index (χ0n) is 13.2. The number of rotatable bonds is 3. The Labute approximate surface area is 144 Å². The van der Waals surface area contributed by atoms with Crippen molar-refractivity contribution in [2.45, 2.75) is 18.8 Å². The molecule has 0 aliphatic carbocycles. The van der Waals surface area contributed by atoms with E-state index in [9.17, 15) is 4.79 Å². The summed E-state index contributed by atoms with van der Waals surface area (Å²) < 4.78 is 5.35. The van der Waals surface area contributed by atoms with Gasteiger partial charge in [0, 0.05) is 29.6 Å². The van der Waals surface area contributed by atoms with Crippen LogP contribution in [0.4, 0.5) is 0 Å². The van der Waals surface area contributed by atoms with Gasteiger partial charge in [-0.2, -0.15) is 0 Å². The van der Waals surface area contributed by atoms with Gasteiger partial charge >= 0.3 is 0 Å². The summed E-state index contributed by atoms with van der Waals surface area (Å²) in [5.41, 5.74) is 1.32. The maximum absolute atomic E-state index is 12.6. The third-order valence-corrected chi connectivity index (χ3v) is 5.55. The Bertz CT molecular complexity index is 803. The summed E-state index contributed by atoms with van der Waals surface area (Å²) in [5, 5.41) is 6.09. The quantitative estimate of drug-likeness (QED) is 0.710. The van der Waals surface area contributed by atoms with Gasteiger partial charge in [-0.05, 0) is 30.2 Å². The predicted molar refractivity (Wildman–Crippen MR) is 94.1 cm³/mol. The molecule has 122 valence electrons. The molecule has 24 heavy (non-hydrogen) atoms. The van der Waals surface area contributed by atoms with Crippen molar-refractivity contribution in [3.8, 4) is 11.3 Å². The van der Waals surface area contributed by atoms with E-state index in [1.54, 1.807) is 17.4 Å². The number of likely N-dealkylation sites (tertiary alicyclic amines) is 1. The fourth-order valence-corrected chi connectivity index (χ4v) is 4.07. The highest BCUT2D eigenvalue weighted by atomic mass is 32.1. The minimum atomic E-state index is -0.0365. The minimum absolute atomic E-state index is 0.0365. The van der Waals surface area contributed by atoms with Gasteiger partial charge in [0.05, 0.1) is 0 Å². The smallest absolute Gasteiger partial charge is 0.276 e. The highest BCUT2D eigenvalue weighted by Crippen LogP contribution is 2.31. The van der Waals surface area contributed by atoms with E-state index in [2.05, 4.69) is 22.7 Å². The standard InChI is InChI=1S/C19H18N2O2S/c22-19(16-13-17(23-20-16)14-5-2-1-3-6-14)21-10-8-15(9-11-21)18-7-4-12-24-18/h1-7,12-13,15H,8-11H2. The molecule has 1 aromatic carbocycles. The van der Waals surface area contributed by atoms with E-state index in [0.29, 0.717) is 17.4 Å². The molecule has 1 amide bonds. The van der Waals surface area contributed by atoms with Gasteiger partial charge in [-0.15, -0.1) is 11.3 Å². The SMILES string of the molecule is O=C(c1cc(-c2ccccc2)on1)N1CCC(c2cccs2)CC1. The van der Waals surface area contributed by atoms with Crippen LogP contribution in [0.3, 0.4) is 0 Å². The van der Waals surface area contributed by atoms with Crippen LogP contribution in [0.15, 0.2) is 58.4 Å². The number of hydrogen-bond donors (Lipinski definition) is 0. The Hall–Kier alpha value is -2.40. The highest BCUT2D eigenvalue weighted by molar-refractivity contribution is 7.10. The maximum atomic E-state index is 12.6. The van der Waals surface area contributed by atoms with E-state index in [1.165, 1.54) is 4.88 Å². The zero-order valence-corrected chi connectivity index (χ0v) is 14.0. The van der Waals surface area contributed by atoms with Crippen LogP contribution < -0.4 is 0 Å². The summed E-state index contributed by atoms with van der Waals surface area (Å²) >= 11 is 1.81. The zero-order chi connectivity index (χ0) is 16.4. The molecule has 1 aliphatic rings. The van der Waals surface area contributed by atoms with Crippen LogP contribution in [0.2, 0.25) is 0 Å². The van der Waals surface area contributed by atoms with Gasteiger partial charge in [0.15, 0.2) is 11.5 Å². The van der Waals surface area contributed by atoms with Gasteiger partial charge in [0.1, 0.15) is 0 Å². The molecule has 0 radical (unpaired) electrons. The second kappa shape index (κ2) is 6.61. The Morgan fingerprint density at radius 1 is 1.12 bits per heavy atom. The third-order valence-electron chi connectivity index (χ3n) is 4.52. The van der Waals surface area contributed by atoms with E-state index in [-0.39, 0.29) is 5.91 Å². The van der Waals surface area contributed by atoms with Crippen LogP contribution in [0.1, 0.15) is 34.1 Å². The second-order valence-electron chi connectivity index (χ2n) is 6.02. The van der Waals surface area contributed by atoms with Gasteiger partial charge in [-0.25, -0.2) is 0 Å². The predicted octanol–water partition coefficient (Wildman–Crippen LogP) is 4.42. The normalized spacial score (nSPS) is 15.6. The van der Waals surface area contributed by atoms with E-state index in [1.807, 2.05) is 35.2 Å². The first-order valence-electron chi connectivity index (χ1n) is 8.16. The van der Waals surface area contributed by atoms with Gasteiger partial charge in [-0.3, -0.25) is 4.79 Å². The summed E-state index contributed by atoms with van der Waals surface area (Å²) in [5.74, 6) is 1.17. The summed E-state index contributed by atoms with van der Waals surface area (Å²) in [6.45, 7) is 1.55. The number of thiophene rings is 1. The molecule has 1 fully saturated rings. The van der Waals surface area contributed by atoms with Crippen LogP contribution in [0, 0.1) is 0 Å². The molecule has 2 aromatic heterocycles. The van der Waals surface area contributed by atoms with Gasteiger partial charge in [-0.1, -0.05) is 41.6 Å². The summed E-state index contributed by atoms with van der Waals surface area (Å²) in [4.78, 5) is 16.0. The molecule has 0 atom stereocenters. The molecule has 0 bridgehead atoms. The lowest BCUT2D eigenvalue weighted by molar-refractivity contribution is 0.0703. The van der Waals surface area contributed by atoms with Gasteiger partial charge < -0.3 is 9.42 Å². The number of piperidine rings is 1. The second-order valence-corrected chi connectivity index (χ2v) is 7.00. The van der Waals surface area contributed by atoms with Gasteiger partial charge in [0.2, 0.25) is 0 Å². The molecule has 0 saturated carbocycles. The number of nitrogens with zero attached hydrogens (tertiary/aromatic N) is 2. The molecule has 5 heteroatoms. The topological polar surface area (TPSA) is 46.3 Å². The van der Waals surface area contributed by atoms with Crippen LogP contribution in [0.5, 0.6) is 0 Å². The molecule has 1 saturated heterocycles. The van der Waals surface area contributed by atoms with Crippen LogP contribution in [-0.2, 0) is 0 Å². The largest absolute Gasteiger partial charge is 0.355 e. The molecular weight excluding hydrogens is 320 g/mol. The molecular formula is C19H18N2O2S. The molecule has 3 heterocycles. The number of carbonyl (C=O) groups is 1. The van der Waals surface area contributed by atoms with Crippen LogP contribution >= 0.6 is 11.3 Å². The first-order chi connectivity index (χ1) is 11.8. The van der Waals surface area contributed by atoms with Crippen molar-refractivity contribution in [1.82, 2.24) is 10.1 Å². The molecule has 0 N–H and O–H groups in total. The number of carbonyl (C=O) groups excluding carboxylic acids is 1. The van der Waals surface area contributed by atoms with E-state index >= 15 is 0 Å². The summed E-state index contributed by atoms with van der Waals surface area (Å²) in [6, 6.07) is 15.7. The van der Waals surface area contributed by atoms with Crippen molar-refractivity contribution in [3.63, 3.8) is 0 Å². The lowest BCUT2D eigenvalue weighted by Crippen LogP contribution is -2.37. The monoisotopic (exact) mass is 338 g/mol. The molecule has 0 unspecified atom stereocenters. The Morgan fingerprint density at radius 3 is 2.62 bits per heavy atom. The third kappa shape index (κ3) is 2.99. The Kier molecular flexibility index (Phi) is 4.17. The number of hydrogen-bond acceptors (Lipinski definition) is 4. The molecule has 0 spiro atoms. The fourth-order valence-electron chi connectivity index (χ4n) is 3.17. The number of benzene rings is 1. The Balaban J connectivity index is 1.43. The molecule has 1 aliphatic heterocycles. The van der Waals surface area contributed by atoms with Crippen molar-refractivity contribution >= 4 is 17.2 Å². The lowest BCUT2D eigenvalue weighted by atomic mass is 9.95. The molecule has 4 nitrogen and oxygen atoms in total. The summed E-state index contributed by atoms with van der Waals surface area (Å²) in [6.07, 6.45) is 2.02. The molecule has 4 rings (SSSR count). The van der Waals surface area contributed by atoms with Crippen molar-refractivity contribution in [1.29, 1.82) is 0 Å². The maximum Gasteiger partial charge on any atom is 0.276 e. The van der Waals surface area contributed by atoms with Crippen molar-refractivity contribution in [2.75, 3.05) is 13.1 Å². The minimum Gasteiger partial charge on any atom is -0.355 e. The number of amides is 1. The first kappa shape index (κ1) is 15.1. The number of aromatic nitrogens is 1. The van der Waals surface area contributed by atoms with Crippen LogP contribution in [0.25, 0.3) is 11.3 Å². The van der Waals surface area contributed by atoms with E-state index in [4.69, 9.17) is 4.52 Å². The van der Waals surface area contributed by atoms with E-state index in [0.717, 1.165) is 31.5 Å². The summed E-state index contributed by atoms with van der Waals surface area (Å²) in [7, 11) is 0. The molecule has 3 aromatic rings. The van der Waals surface area contributed by atoms with Crippen LogP contribution in [-0.4, -0.2) is 29.1 Å². The Morgan fingerprint density at radius 2 is 1.92 bits per heavy atom. The first-order valence-corrected chi connectivity index (χ1v) is 9.04.